The molecule has 1 amide bonds. The topological polar surface area (TPSA) is 33.5 Å². The lowest BCUT2D eigenvalue weighted by Gasteiger charge is -2.32. The molecule has 0 spiro atoms. The first kappa shape index (κ1) is 14.1. The predicted octanol–water partition coefficient (Wildman–Crippen LogP) is 4.58. The highest BCUT2D eigenvalue weighted by Gasteiger charge is 2.28. The van der Waals surface area contributed by atoms with Gasteiger partial charge in [-0.3, -0.25) is 4.79 Å². The first-order valence-electron chi connectivity index (χ1n) is 8.07. The van der Waals surface area contributed by atoms with Crippen molar-refractivity contribution in [3.05, 3.63) is 71.5 Å². The van der Waals surface area contributed by atoms with Gasteiger partial charge < -0.3 is 9.32 Å². The standard InChI is InChI=1S/C20H19NO2/c1-21(17-11-6-9-14-7-2-4-10-16(14)17)20(22)19-13-15-8-3-5-12-18(15)23-19/h2-5,7-8,10,12-13,17H,6,9,11H2,1H3/t17-/m1/s1. The molecular formula is C20H19NO2. The fourth-order valence-corrected chi connectivity index (χ4v) is 3.53. The summed E-state index contributed by atoms with van der Waals surface area (Å²) in [5, 5.41) is 0.966. The van der Waals surface area contributed by atoms with Gasteiger partial charge in [0, 0.05) is 12.4 Å². The molecule has 0 saturated heterocycles. The minimum atomic E-state index is -0.0529. The second-order valence-corrected chi connectivity index (χ2v) is 6.17. The van der Waals surface area contributed by atoms with Crippen LogP contribution in [0.4, 0.5) is 0 Å². The van der Waals surface area contributed by atoms with Crippen LogP contribution in [0.25, 0.3) is 11.0 Å². The summed E-state index contributed by atoms with van der Waals surface area (Å²) in [6.07, 6.45) is 3.21. The summed E-state index contributed by atoms with van der Waals surface area (Å²) in [4.78, 5) is 14.7. The summed E-state index contributed by atoms with van der Waals surface area (Å²) in [6, 6.07) is 18.1. The number of furan rings is 1. The van der Waals surface area contributed by atoms with E-state index in [9.17, 15) is 4.79 Å². The molecular weight excluding hydrogens is 286 g/mol. The smallest absolute Gasteiger partial charge is 0.289 e. The van der Waals surface area contributed by atoms with Crippen LogP contribution in [0.5, 0.6) is 0 Å². The molecule has 0 aliphatic heterocycles. The Hall–Kier alpha value is -2.55. The van der Waals surface area contributed by atoms with Gasteiger partial charge in [0.2, 0.25) is 0 Å². The lowest BCUT2D eigenvalue weighted by Crippen LogP contribution is -2.33. The van der Waals surface area contributed by atoms with Gasteiger partial charge in [-0.15, -0.1) is 0 Å². The SMILES string of the molecule is CN(C(=O)c1cc2ccccc2o1)[C@@H]1CCCc2ccccc21. The van der Waals surface area contributed by atoms with Crippen LogP contribution in [0.1, 0.15) is 40.6 Å². The third kappa shape index (κ3) is 2.42. The molecule has 1 atom stereocenters. The molecule has 0 N–H and O–H groups in total. The molecule has 0 unspecified atom stereocenters. The van der Waals surface area contributed by atoms with Gasteiger partial charge in [0.15, 0.2) is 5.76 Å². The van der Waals surface area contributed by atoms with Crippen molar-refractivity contribution in [2.24, 2.45) is 0 Å². The molecule has 23 heavy (non-hydrogen) atoms. The Balaban J connectivity index is 1.66. The van der Waals surface area contributed by atoms with Gasteiger partial charge in [-0.2, -0.15) is 0 Å². The number of hydrogen-bond donors (Lipinski definition) is 0. The Morgan fingerprint density at radius 1 is 1.13 bits per heavy atom. The summed E-state index contributed by atoms with van der Waals surface area (Å²) in [5.41, 5.74) is 3.38. The first-order chi connectivity index (χ1) is 11.2. The number of fused-ring (bicyclic) bond motifs is 2. The Labute approximate surface area is 135 Å². The van der Waals surface area contributed by atoms with Crippen molar-refractivity contribution in [2.45, 2.75) is 25.3 Å². The Morgan fingerprint density at radius 3 is 2.78 bits per heavy atom. The van der Waals surface area contributed by atoms with Crippen LogP contribution >= 0.6 is 0 Å². The maximum absolute atomic E-state index is 12.9. The normalized spacial score (nSPS) is 17.0. The van der Waals surface area contributed by atoms with E-state index in [2.05, 4.69) is 24.3 Å². The van der Waals surface area contributed by atoms with Gasteiger partial charge in [-0.1, -0.05) is 42.5 Å². The zero-order chi connectivity index (χ0) is 15.8. The van der Waals surface area contributed by atoms with Crippen molar-refractivity contribution in [1.82, 2.24) is 4.90 Å². The molecule has 1 aliphatic carbocycles. The number of aryl methyl sites for hydroxylation is 1. The molecule has 0 radical (unpaired) electrons. The molecule has 4 rings (SSSR count). The highest BCUT2D eigenvalue weighted by molar-refractivity contribution is 5.96. The van der Waals surface area contributed by atoms with Gasteiger partial charge in [0.25, 0.3) is 5.91 Å². The van der Waals surface area contributed by atoms with Crippen molar-refractivity contribution in [1.29, 1.82) is 0 Å². The maximum Gasteiger partial charge on any atom is 0.289 e. The second kappa shape index (κ2) is 5.58. The minimum absolute atomic E-state index is 0.0529. The van der Waals surface area contributed by atoms with E-state index in [0.29, 0.717) is 5.76 Å². The van der Waals surface area contributed by atoms with Gasteiger partial charge in [-0.25, -0.2) is 0 Å². The maximum atomic E-state index is 12.9. The van der Waals surface area contributed by atoms with Crippen molar-refractivity contribution >= 4 is 16.9 Å². The molecule has 1 aliphatic rings. The third-order valence-electron chi connectivity index (χ3n) is 4.76. The zero-order valence-corrected chi connectivity index (χ0v) is 13.2. The Morgan fingerprint density at radius 2 is 1.91 bits per heavy atom. The van der Waals surface area contributed by atoms with E-state index in [4.69, 9.17) is 4.42 Å². The molecule has 0 fully saturated rings. The number of rotatable bonds is 2. The lowest BCUT2D eigenvalue weighted by molar-refractivity contribution is 0.0685. The van der Waals surface area contributed by atoms with Crippen LogP contribution in [0.15, 0.2) is 59.0 Å². The number of benzene rings is 2. The van der Waals surface area contributed by atoms with Crippen LogP contribution in [-0.2, 0) is 6.42 Å². The molecule has 2 aromatic carbocycles. The summed E-state index contributed by atoms with van der Waals surface area (Å²) in [6.45, 7) is 0. The van der Waals surface area contributed by atoms with E-state index >= 15 is 0 Å². The molecule has 3 nitrogen and oxygen atoms in total. The highest BCUT2D eigenvalue weighted by Crippen LogP contribution is 2.34. The summed E-state index contributed by atoms with van der Waals surface area (Å²) in [7, 11) is 1.88. The fourth-order valence-electron chi connectivity index (χ4n) is 3.53. The molecule has 1 aromatic heterocycles. The summed E-state index contributed by atoms with van der Waals surface area (Å²) < 4.78 is 5.74. The van der Waals surface area contributed by atoms with Gasteiger partial charge in [-0.05, 0) is 42.5 Å². The zero-order valence-electron chi connectivity index (χ0n) is 13.2. The minimum Gasteiger partial charge on any atom is -0.451 e. The monoisotopic (exact) mass is 305 g/mol. The number of carbonyl (C=O) groups is 1. The fraction of sp³-hybridized carbons (Fsp3) is 0.250. The van der Waals surface area contributed by atoms with E-state index in [0.717, 1.165) is 30.2 Å². The quantitative estimate of drug-likeness (QED) is 0.694. The van der Waals surface area contributed by atoms with Crippen molar-refractivity contribution in [2.75, 3.05) is 7.05 Å². The molecule has 0 saturated carbocycles. The number of para-hydroxylation sites is 1. The van der Waals surface area contributed by atoms with Crippen molar-refractivity contribution in [3.8, 4) is 0 Å². The predicted molar refractivity (Wildman–Crippen MR) is 90.4 cm³/mol. The van der Waals surface area contributed by atoms with Crippen molar-refractivity contribution < 1.29 is 9.21 Å². The largest absolute Gasteiger partial charge is 0.451 e. The first-order valence-corrected chi connectivity index (χ1v) is 8.07. The van der Waals surface area contributed by atoms with Crippen LogP contribution in [0.3, 0.4) is 0 Å². The third-order valence-corrected chi connectivity index (χ3v) is 4.76. The molecule has 0 bridgehead atoms. The number of hydrogen-bond acceptors (Lipinski definition) is 2. The van der Waals surface area contributed by atoms with Crippen LogP contribution in [0, 0.1) is 0 Å². The average Bonchev–Trinajstić information content (AvgIpc) is 3.04. The van der Waals surface area contributed by atoms with Crippen LogP contribution in [-0.4, -0.2) is 17.9 Å². The second-order valence-electron chi connectivity index (χ2n) is 6.17. The van der Waals surface area contributed by atoms with E-state index in [-0.39, 0.29) is 11.9 Å². The number of amides is 1. The molecule has 116 valence electrons. The van der Waals surface area contributed by atoms with Gasteiger partial charge in [0.1, 0.15) is 5.58 Å². The Kier molecular flexibility index (Phi) is 3.41. The Bertz CT molecular complexity index is 832. The summed E-state index contributed by atoms with van der Waals surface area (Å²) in [5.74, 6) is 0.361. The summed E-state index contributed by atoms with van der Waals surface area (Å²) >= 11 is 0. The molecule has 3 aromatic rings. The van der Waals surface area contributed by atoms with E-state index in [1.807, 2.05) is 42.3 Å². The van der Waals surface area contributed by atoms with Crippen LogP contribution < -0.4 is 0 Å². The number of carbonyl (C=O) groups excluding carboxylic acids is 1. The van der Waals surface area contributed by atoms with Crippen molar-refractivity contribution in [3.63, 3.8) is 0 Å². The van der Waals surface area contributed by atoms with E-state index in [1.165, 1.54) is 11.1 Å². The molecule has 3 heteroatoms. The van der Waals surface area contributed by atoms with Gasteiger partial charge >= 0.3 is 0 Å². The van der Waals surface area contributed by atoms with E-state index < -0.39 is 0 Å². The lowest BCUT2D eigenvalue weighted by atomic mass is 9.87. The van der Waals surface area contributed by atoms with Crippen LogP contribution in [0.2, 0.25) is 0 Å². The average molecular weight is 305 g/mol. The highest BCUT2D eigenvalue weighted by atomic mass is 16.3. The van der Waals surface area contributed by atoms with Gasteiger partial charge in [0.05, 0.1) is 6.04 Å². The number of nitrogens with zero attached hydrogens (tertiary/aromatic N) is 1. The van der Waals surface area contributed by atoms with E-state index in [1.54, 1.807) is 0 Å². The molecule has 1 heterocycles.